The summed E-state index contributed by atoms with van der Waals surface area (Å²) in [5, 5.41) is 23.3. The standard InChI is InChI=1S/C13H21N3O3/c1-4-13(5-2,9-17)8-15-12-10(3)6-11(7-14-12)16(18)19/h6-7,17H,4-5,8-9H2,1-3H3,(H,14,15). The Kier molecular flexibility index (Phi) is 5.23. The smallest absolute Gasteiger partial charge is 0.287 e. The van der Waals surface area contributed by atoms with E-state index in [2.05, 4.69) is 10.3 Å². The van der Waals surface area contributed by atoms with Crippen LogP contribution in [0.25, 0.3) is 0 Å². The lowest BCUT2D eigenvalue weighted by Gasteiger charge is -2.30. The number of nitrogens with zero attached hydrogens (tertiary/aromatic N) is 2. The zero-order chi connectivity index (χ0) is 14.5. The molecular formula is C13H21N3O3. The van der Waals surface area contributed by atoms with Crippen LogP contribution in [0.2, 0.25) is 0 Å². The first-order chi connectivity index (χ1) is 8.98. The molecule has 0 unspecified atom stereocenters. The van der Waals surface area contributed by atoms with E-state index in [1.807, 2.05) is 13.8 Å². The molecule has 1 rings (SSSR count). The van der Waals surface area contributed by atoms with Crippen LogP contribution in [0.5, 0.6) is 0 Å². The molecule has 106 valence electrons. The normalized spacial score (nSPS) is 11.4. The number of rotatable bonds is 7. The van der Waals surface area contributed by atoms with Crippen molar-refractivity contribution in [2.75, 3.05) is 18.5 Å². The van der Waals surface area contributed by atoms with Gasteiger partial charge in [-0.25, -0.2) is 4.98 Å². The van der Waals surface area contributed by atoms with Crippen LogP contribution in [-0.2, 0) is 0 Å². The topological polar surface area (TPSA) is 88.3 Å². The van der Waals surface area contributed by atoms with Gasteiger partial charge >= 0.3 is 0 Å². The van der Waals surface area contributed by atoms with E-state index >= 15 is 0 Å². The van der Waals surface area contributed by atoms with E-state index < -0.39 is 4.92 Å². The van der Waals surface area contributed by atoms with Gasteiger partial charge in [-0.2, -0.15) is 0 Å². The van der Waals surface area contributed by atoms with Gasteiger partial charge in [-0.05, 0) is 25.3 Å². The number of anilines is 1. The fraction of sp³-hybridized carbons (Fsp3) is 0.615. The summed E-state index contributed by atoms with van der Waals surface area (Å²) in [6.45, 7) is 6.57. The highest BCUT2D eigenvalue weighted by Gasteiger charge is 2.25. The van der Waals surface area contributed by atoms with Crippen molar-refractivity contribution in [3.05, 3.63) is 27.9 Å². The molecule has 2 N–H and O–H groups in total. The Hall–Kier alpha value is -1.69. The van der Waals surface area contributed by atoms with Crippen LogP contribution in [0.4, 0.5) is 11.5 Å². The van der Waals surface area contributed by atoms with Crippen molar-refractivity contribution in [2.45, 2.75) is 33.6 Å². The van der Waals surface area contributed by atoms with Gasteiger partial charge in [0, 0.05) is 18.0 Å². The number of aliphatic hydroxyl groups excluding tert-OH is 1. The van der Waals surface area contributed by atoms with Crippen LogP contribution in [0.3, 0.4) is 0 Å². The molecule has 0 atom stereocenters. The molecule has 1 aromatic rings. The summed E-state index contributed by atoms with van der Waals surface area (Å²) in [6.07, 6.45) is 2.96. The Morgan fingerprint density at radius 2 is 2.11 bits per heavy atom. The second-order valence-electron chi connectivity index (χ2n) is 4.83. The summed E-state index contributed by atoms with van der Waals surface area (Å²) < 4.78 is 0. The summed E-state index contributed by atoms with van der Waals surface area (Å²) in [6, 6.07) is 1.49. The van der Waals surface area contributed by atoms with Crippen molar-refractivity contribution in [3.63, 3.8) is 0 Å². The summed E-state index contributed by atoms with van der Waals surface area (Å²) in [4.78, 5) is 14.2. The summed E-state index contributed by atoms with van der Waals surface area (Å²) in [5.41, 5.74) is 0.548. The van der Waals surface area contributed by atoms with Crippen LogP contribution in [-0.4, -0.2) is 28.2 Å². The summed E-state index contributed by atoms with van der Waals surface area (Å²) in [7, 11) is 0. The Morgan fingerprint density at radius 1 is 1.47 bits per heavy atom. The lowest BCUT2D eigenvalue weighted by Crippen LogP contribution is -2.32. The zero-order valence-electron chi connectivity index (χ0n) is 11.6. The molecule has 0 aliphatic heterocycles. The third kappa shape index (κ3) is 3.64. The van der Waals surface area contributed by atoms with Gasteiger partial charge in [-0.1, -0.05) is 13.8 Å². The minimum Gasteiger partial charge on any atom is -0.396 e. The Morgan fingerprint density at radius 3 is 2.53 bits per heavy atom. The van der Waals surface area contributed by atoms with Gasteiger partial charge in [0.2, 0.25) is 0 Å². The number of pyridine rings is 1. The molecule has 0 saturated carbocycles. The minimum absolute atomic E-state index is 0.0116. The molecule has 0 fully saturated rings. The zero-order valence-corrected chi connectivity index (χ0v) is 11.6. The van der Waals surface area contributed by atoms with E-state index in [0.29, 0.717) is 12.4 Å². The average molecular weight is 267 g/mol. The first-order valence-corrected chi connectivity index (χ1v) is 6.43. The highest BCUT2D eigenvalue weighted by atomic mass is 16.6. The molecule has 0 aliphatic rings. The van der Waals surface area contributed by atoms with Crippen molar-refractivity contribution in [3.8, 4) is 0 Å². The molecule has 0 saturated heterocycles. The van der Waals surface area contributed by atoms with Crippen molar-refractivity contribution in [1.29, 1.82) is 0 Å². The molecule has 1 heterocycles. The number of nitrogens with one attached hydrogen (secondary N) is 1. The van der Waals surface area contributed by atoms with Crippen molar-refractivity contribution < 1.29 is 10.0 Å². The van der Waals surface area contributed by atoms with Crippen molar-refractivity contribution in [1.82, 2.24) is 4.98 Å². The maximum atomic E-state index is 10.6. The minimum atomic E-state index is -0.458. The summed E-state index contributed by atoms with van der Waals surface area (Å²) >= 11 is 0. The second kappa shape index (κ2) is 6.47. The molecule has 0 aliphatic carbocycles. The lowest BCUT2D eigenvalue weighted by atomic mass is 9.83. The number of nitro groups is 1. The molecule has 1 aromatic heterocycles. The third-order valence-electron chi connectivity index (χ3n) is 3.74. The van der Waals surface area contributed by atoms with E-state index in [0.717, 1.165) is 18.4 Å². The van der Waals surface area contributed by atoms with Crippen molar-refractivity contribution >= 4 is 11.5 Å². The van der Waals surface area contributed by atoms with Crippen molar-refractivity contribution in [2.24, 2.45) is 5.41 Å². The van der Waals surface area contributed by atoms with Gasteiger partial charge < -0.3 is 10.4 Å². The number of aliphatic hydroxyl groups is 1. The molecule has 6 heteroatoms. The van der Waals surface area contributed by atoms with Crippen LogP contribution in [0.15, 0.2) is 12.3 Å². The van der Waals surface area contributed by atoms with Crippen LogP contribution in [0.1, 0.15) is 32.3 Å². The second-order valence-corrected chi connectivity index (χ2v) is 4.83. The fourth-order valence-corrected chi connectivity index (χ4v) is 1.90. The number of aromatic nitrogens is 1. The van der Waals surface area contributed by atoms with E-state index in [1.165, 1.54) is 12.3 Å². The predicted molar refractivity (Wildman–Crippen MR) is 74.2 cm³/mol. The van der Waals surface area contributed by atoms with Crippen LogP contribution in [0, 0.1) is 22.5 Å². The third-order valence-corrected chi connectivity index (χ3v) is 3.74. The maximum Gasteiger partial charge on any atom is 0.287 e. The highest BCUT2D eigenvalue weighted by Crippen LogP contribution is 2.27. The Balaban J connectivity index is 2.80. The first kappa shape index (κ1) is 15.4. The van der Waals surface area contributed by atoms with Gasteiger partial charge in [0.15, 0.2) is 0 Å². The fourth-order valence-electron chi connectivity index (χ4n) is 1.90. The SMILES string of the molecule is CCC(CC)(CO)CNc1ncc([N+](=O)[O-])cc1C. The number of hydrogen-bond donors (Lipinski definition) is 2. The molecular weight excluding hydrogens is 246 g/mol. The molecule has 6 nitrogen and oxygen atoms in total. The van der Waals surface area contributed by atoms with Gasteiger partial charge in [-0.3, -0.25) is 10.1 Å². The monoisotopic (exact) mass is 267 g/mol. The van der Waals surface area contributed by atoms with E-state index in [-0.39, 0.29) is 17.7 Å². The van der Waals surface area contributed by atoms with Gasteiger partial charge in [0.05, 0.1) is 11.5 Å². The molecule has 0 bridgehead atoms. The lowest BCUT2D eigenvalue weighted by molar-refractivity contribution is -0.385. The molecule has 0 spiro atoms. The number of hydrogen-bond acceptors (Lipinski definition) is 5. The van der Waals surface area contributed by atoms with Crippen LogP contribution < -0.4 is 5.32 Å². The first-order valence-electron chi connectivity index (χ1n) is 6.43. The quantitative estimate of drug-likeness (QED) is 0.585. The molecule has 0 radical (unpaired) electrons. The maximum absolute atomic E-state index is 10.6. The molecule has 19 heavy (non-hydrogen) atoms. The number of aryl methyl sites for hydroxylation is 1. The van der Waals surface area contributed by atoms with Gasteiger partial charge in [0.25, 0.3) is 5.69 Å². The molecule has 0 aromatic carbocycles. The predicted octanol–water partition coefficient (Wildman–Crippen LogP) is 2.51. The average Bonchev–Trinajstić information content (AvgIpc) is 2.42. The van der Waals surface area contributed by atoms with Crippen LogP contribution >= 0.6 is 0 Å². The Bertz CT molecular complexity index is 436. The summed E-state index contributed by atoms with van der Waals surface area (Å²) in [5.74, 6) is 0.630. The largest absolute Gasteiger partial charge is 0.396 e. The van der Waals surface area contributed by atoms with Gasteiger partial charge in [0.1, 0.15) is 12.0 Å². The highest BCUT2D eigenvalue weighted by molar-refractivity contribution is 5.48. The van der Waals surface area contributed by atoms with E-state index in [1.54, 1.807) is 6.92 Å². The Labute approximate surface area is 113 Å². The van der Waals surface area contributed by atoms with E-state index in [9.17, 15) is 15.2 Å². The molecule has 0 amide bonds. The van der Waals surface area contributed by atoms with Gasteiger partial charge in [-0.15, -0.1) is 0 Å². The van der Waals surface area contributed by atoms with E-state index in [4.69, 9.17) is 0 Å².